The van der Waals surface area contributed by atoms with Gasteiger partial charge in [-0.05, 0) is 42.8 Å². The fourth-order valence-corrected chi connectivity index (χ4v) is 2.35. The summed E-state index contributed by atoms with van der Waals surface area (Å²) in [5.41, 5.74) is 1.21. The molecule has 6 nitrogen and oxygen atoms in total. The van der Waals surface area contributed by atoms with Crippen LogP contribution in [0.4, 0.5) is 0 Å². The van der Waals surface area contributed by atoms with Gasteiger partial charge in [0.05, 0.1) is 14.2 Å². The second kappa shape index (κ2) is 7.00. The number of tetrazole rings is 1. The van der Waals surface area contributed by atoms with Crippen LogP contribution in [0.3, 0.4) is 0 Å². The van der Waals surface area contributed by atoms with E-state index < -0.39 is 0 Å². The Balaban J connectivity index is 2.08. The van der Waals surface area contributed by atoms with E-state index in [4.69, 9.17) is 4.74 Å². The summed E-state index contributed by atoms with van der Waals surface area (Å²) in [4.78, 5) is 1.49. The molecular weight excluding hydrogens is 254 g/mol. The average molecular weight is 275 g/mol. The maximum Gasteiger partial charge on any atom is 0.175 e. The zero-order valence-corrected chi connectivity index (χ0v) is 12.2. The van der Waals surface area contributed by atoms with Crippen molar-refractivity contribution in [1.82, 2.24) is 25.5 Å². The minimum Gasteiger partial charge on any atom is -0.496 e. The van der Waals surface area contributed by atoms with Crippen LogP contribution < -0.4 is 10.1 Å². The van der Waals surface area contributed by atoms with E-state index in [1.54, 1.807) is 14.2 Å². The van der Waals surface area contributed by atoms with Gasteiger partial charge < -0.3 is 10.1 Å². The average Bonchev–Trinajstić information content (AvgIpc) is 2.85. The first-order chi connectivity index (χ1) is 9.72. The first-order valence-electron chi connectivity index (χ1n) is 6.72. The van der Waals surface area contributed by atoms with E-state index in [1.807, 2.05) is 25.2 Å². The number of nitrogens with one attached hydrogen (secondary N) is 1. The van der Waals surface area contributed by atoms with Gasteiger partial charge >= 0.3 is 0 Å². The molecule has 2 rings (SSSR count). The van der Waals surface area contributed by atoms with Crippen LogP contribution in [-0.4, -0.2) is 40.9 Å². The summed E-state index contributed by atoms with van der Waals surface area (Å²) in [5.74, 6) is 2.11. The molecule has 1 aromatic carbocycles. The van der Waals surface area contributed by atoms with Crippen molar-refractivity contribution in [2.24, 2.45) is 13.0 Å². The SMILES string of the molecule is CNCC(Cc1nnn(C)n1)Cc1ccccc1OC. The third-order valence-electron chi connectivity index (χ3n) is 3.21. The lowest BCUT2D eigenvalue weighted by Gasteiger charge is -2.16. The molecule has 0 fully saturated rings. The van der Waals surface area contributed by atoms with Gasteiger partial charge in [-0.2, -0.15) is 4.80 Å². The molecule has 0 bridgehead atoms. The predicted molar refractivity (Wildman–Crippen MR) is 76.6 cm³/mol. The van der Waals surface area contributed by atoms with Crippen LogP contribution in [0.5, 0.6) is 5.75 Å². The van der Waals surface area contributed by atoms with Crippen molar-refractivity contribution in [1.29, 1.82) is 0 Å². The van der Waals surface area contributed by atoms with Crippen LogP contribution in [0.25, 0.3) is 0 Å². The van der Waals surface area contributed by atoms with Crippen LogP contribution in [0.15, 0.2) is 24.3 Å². The summed E-state index contributed by atoms with van der Waals surface area (Å²) in [5, 5.41) is 15.4. The van der Waals surface area contributed by atoms with Gasteiger partial charge in [0.25, 0.3) is 0 Å². The number of para-hydroxylation sites is 1. The van der Waals surface area contributed by atoms with Crippen molar-refractivity contribution in [2.75, 3.05) is 20.7 Å². The first-order valence-corrected chi connectivity index (χ1v) is 6.72. The maximum absolute atomic E-state index is 5.41. The molecule has 1 unspecified atom stereocenters. The van der Waals surface area contributed by atoms with Gasteiger partial charge in [0.1, 0.15) is 5.75 Å². The molecule has 0 amide bonds. The summed E-state index contributed by atoms with van der Waals surface area (Å²) < 4.78 is 5.41. The van der Waals surface area contributed by atoms with E-state index in [2.05, 4.69) is 26.8 Å². The zero-order chi connectivity index (χ0) is 14.4. The van der Waals surface area contributed by atoms with E-state index in [0.717, 1.165) is 31.0 Å². The molecule has 0 aliphatic heterocycles. The van der Waals surface area contributed by atoms with Gasteiger partial charge in [-0.3, -0.25) is 0 Å². The largest absolute Gasteiger partial charge is 0.496 e. The Morgan fingerprint density at radius 1 is 1.30 bits per heavy atom. The monoisotopic (exact) mass is 275 g/mol. The summed E-state index contributed by atoms with van der Waals surface area (Å²) in [7, 11) is 5.44. The maximum atomic E-state index is 5.41. The van der Waals surface area contributed by atoms with E-state index >= 15 is 0 Å². The molecule has 1 aromatic heterocycles. The van der Waals surface area contributed by atoms with Crippen LogP contribution in [0.1, 0.15) is 11.4 Å². The van der Waals surface area contributed by atoms with Crippen molar-refractivity contribution >= 4 is 0 Å². The Labute approximate surface area is 119 Å². The number of methoxy groups -OCH3 is 1. The third-order valence-corrected chi connectivity index (χ3v) is 3.21. The number of ether oxygens (including phenoxy) is 1. The molecule has 0 saturated carbocycles. The van der Waals surface area contributed by atoms with Crippen LogP contribution in [0, 0.1) is 5.92 Å². The lowest BCUT2D eigenvalue weighted by Crippen LogP contribution is -2.23. The van der Waals surface area contributed by atoms with Crippen molar-refractivity contribution in [3.63, 3.8) is 0 Å². The quantitative estimate of drug-likeness (QED) is 0.811. The topological polar surface area (TPSA) is 64.9 Å². The normalized spacial score (nSPS) is 12.3. The van der Waals surface area contributed by atoms with E-state index in [9.17, 15) is 0 Å². The number of hydrogen-bond donors (Lipinski definition) is 1. The third kappa shape index (κ3) is 3.77. The second-order valence-corrected chi connectivity index (χ2v) is 4.84. The van der Waals surface area contributed by atoms with Crippen molar-refractivity contribution in [3.8, 4) is 5.75 Å². The number of hydrogen-bond acceptors (Lipinski definition) is 5. The second-order valence-electron chi connectivity index (χ2n) is 4.84. The number of benzene rings is 1. The summed E-state index contributed by atoms with van der Waals surface area (Å²) in [6.45, 7) is 0.899. The van der Waals surface area contributed by atoms with Crippen LogP contribution >= 0.6 is 0 Å². The zero-order valence-electron chi connectivity index (χ0n) is 12.2. The Hall–Kier alpha value is -1.95. The van der Waals surface area contributed by atoms with Gasteiger partial charge in [-0.25, -0.2) is 0 Å². The van der Waals surface area contributed by atoms with Gasteiger partial charge in [0.2, 0.25) is 0 Å². The van der Waals surface area contributed by atoms with E-state index in [-0.39, 0.29) is 0 Å². The molecule has 20 heavy (non-hydrogen) atoms. The molecule has 6 heteroatoms. The van der Waals surface area contributed by atoms with E-state index in [1.165, 1.54) is 10.4 Å². The Bertz CT molecular complexity index is 540. The Morgan fingerprint density at radius 2 is 2.10 bits per heavy atom. The smallest absolute Gasteiger partial charge is 0.175 e. The standard InChI is InChI=1S/C14H21N5O/c1-15-10-11(9-14-16-18-19(2)17-14)8-12-6-4-5-7-13(12)20-3/h4-7,11,15H,8-10H2,1-3H3. The minimum atomic E-state index is 0.403. The van der Waals surface area contributed by atoms with Gasteiger partial charge in [-0.1, -0.05) is 18.2 Å². The molecule has 1 atom stereocenters. The molecule has 0 aliphatic carbocycles. The van der Waals surface area contributed by atoms with E-state index in [0.29, 0.717) is 5.92 Å². The fraction of sp³-hybridized carbons (Fsp3) is 0.500. The summed E-state index contributed by atoms with van der Waals surface area (Å²) in [6.07, 6.45) is 1.72. The molecule has 1 heterocycles. The molecule has 108 valence electrons. The Kier molecular flexibility index (Phi) is 5.06. The first kappa shape index (κ1) is 14.5. The highest BCUT2D eigenvalue weighted by Crippen LogP contribution is 2.22. The summed E-state index contributed by atoms with van der Waals surface area (Å²) >= 11 is 0. The predicted octanol–water partition coefficient (Wildman–Crippen LogP) is 0.839. The highest BCUT2D eigenvalue weighted by Gasteiger charge is 2.15. The van der Waals surface area contributed by atoms with Gasteiger partial charge in [0.15, 0.2) is 5.82 Å². The summed E-state index contributed by atoms with van der Waals surface area (Å²) in [6, 6.07) is 8.12. The Morgan fingerprint density at radius 3 is 2.75 bits per heavy atom. The molecule has 2 aromatic rings. The molecule has 0 radical (unpaired) electrons. The van der Waals surface area contributed by atoms with Crippen molar-refractivity contribution in [3.05, 3.63) is 35.7 Å². The van der Waals surface area contributed by atoms with Crippen molar-refractivity contribution in [2.45, 2.75) is 12.8 Å². The minimum absolute atomic E-state index is 0.403. The number of nitrogens with zero attached hydrogens (tertiary/aromatic N) is 4. The van der Waals surface area contributed by atoms with Crippen LogP contribution in [0.2, 0.25) is 0 Å². The van der Waals surface area contributed by atoms with Crippen LogP contribution in [-0.2, 0) is 19.9 Å². The highest BCUT2D eigenvalue weighted by molar-refractivity contribution is 5.33. The van der Waals surface area contributed by atoms with Gasteiger partial charge in [-0.15, -0.1) is 10.2 Å². The highest BCUT2D eigenvalue weighted by atomic mass is 16.5. The number of rotatable bonds is 7. The molecule has 1 N–H and O–H groups in total. The molecule has 0 aliphatic rings. The number of aromatic nitrogens is 4. The fourth-order valence-electron chi connectivity index (χ4n) is 2.35. The molecule has 0 saturated heterocycles. The van der Waals surface area contributed by atoms with Crippen molar-refractivity contribution < 1.29 is 4.74 Å². The van der Waals surface area contributed by atoms with Gasteiger partial charge in [0, 0.05) is 6.42 Å². The number of aryl methyl sites for hydroxylation is 1. The molecular formula is C14H21N5O. The molecule has 0 spiro atoms. The lowest BCUT2D eigenvalue weighted by atomic mass is 9.95. The lowest BCUT2D eigenvalue weighted by molar-refractivity contribution is 0.401.